The van der Waals surface area contributed by atoms with Gasteiger partial charge in [-0.3, -0.25) is 0 Å². The Kier molecular flexibility index (Phi) is 8.51. The molecule has 7 nitrogen and oxygen atoms in total. The van der Waals surface area contributed by atoms with E-state index < -0.39 is 29.7 Å². The topological polar surface area (TPSA) is 90.9 Å². The minimum atomic E-state index is -0.982. The maximum Gasteiger partial charge on any atom is 0.408 e. The van der Waals surface area contributed by atoms with Crippen LogP contribution < -0.4 is 5.32 Å². The Hall–Kier alpha value is -2.83. The Morgan fingerprint density at radius 2 is 1.78 bits per heavy atom. The van der Waals surface area contributed by atoms with Gasteiger partial charge in [-0.05, 0) is 39.2 Å². The lowest BCUT2D eigenvalue weighted by Gasteiger charge is -2.23. The van der Waals surface area contributed by atoms with Crippen LogP contribution in [-0.4, -0.2) is 36.8 Å². The van der Waals surface area contributed by atoms with Crippen molar-refractivity contribution in [3.8, 4) is 0 Å². The average molecular weight is 377 g/mol. The van der Waals surface area contributed by atoms with Crippen LogP contribution in [0.5, 0.6) is 0 Å². The second kappa shape index (κ2) is 10.4. The van der Waals surface area contributed by atoms with Gasteiger partial charge < -0.3 is 19.5 Å². The Bertz CT molecular complexity index is 663. The Balaban J connectivity index is 2.72. The molecule has 0 saturated heterocycles. The molecule has 7 heteroatoms. The first-order valence-electron chi connectivity index (χ1n) is 8.58. The molecule has 0 unspecified atom stereocenters. The van der Waals surface area contributed by atoms with Gasteiger partial charge in [0.2, 0.25) is 0 Å². The van der Waals surface area contributed by atoms with Crippen molar-refractivity contribution in [2.24, 2.45) is 0 Å². The van der Waals surface area contributed by atoms with Gasteiger partial charge in [0.05, 0.1) is 7.11 Å². The third-order valence-corrected chi connectivity index (χ3v) is 3.41. The van der Waals surface area contributed by atoms with Crippen LogP contribution in [0.4, 0.5) is 4.79 Å². The number of esters is 2. The number of rotatable bonds is 8. The van der Waals surface area contributed by atoms with Gasteiger partial charge in [-0.2, -0.15) is 0 Å². The molecule has 0 aromatic heterocycles. The van der Waals surface area contributed by atoms with Crippen LogP contribution in [0.1, 0.15) is 39.2 Å². The summed E-state index contributed by atoms with van der Waals surface area (Å²) in [6.07, 6.45) is -0.457. The van der Waals surface area contributed by atoms with Crippen LogP contribution in [0.15, 0.2) is 42.5 Å². The number of nitrogens with one attached hydrogen (secondary N) is 1. The fraction of sp³-hybridized carbons (Fsp3) is 0.450. The summed E-state index contributed by atoms with van der Waals surface area (Å²) in [4.78, 5) is 35.9. The van der Waals surface area contributed by atoms with E-state index >= 15 is 0 Å². The highest BCUT2D eigenvalue weighted by atomic mass is 16.6. The molecule has 0 aliphatic heterocycles. The van der Waals surface area contributed by atoms with E-state index in [9.17, 15) is 14.4 Å². The summed E-state index contributed by atoms with van der Waals surface area (Å²) in [7, 11) is 1.25. The molecule has 0 fully saturated rings. The summed E-state index contributed by atoms with van der Waals surface area (Å²) in [6, 6.07) is 8.19. The van der Waals surface area contributed by atoms with Gasteiger partial charge >= 0.3 is 18.0 Å². The molecule has 1 amide bonds. The number of carbonyl (C=O) groups is 3. The average Bonchev–Trinajstić information content (AvgIpc) is 2.61. The Morgan fingerprint density at radius 1 is 1.15 bits per heavy atom. The van der Waals surface area contributed by atoms with Crippen LogP contribution in [-0.2, 0) is 30.4 Å². The van der Waals surface area contributed by atoms with E-state index in [1.165, 1.54) is 7.11 Å². The van der Waals surface area contributed by atoms with Gasteiger partial charge in [-0.1, -0.05) is 36.9 Å². The molecule has 0 saturated carbocycles. The van der Waals surface area contributed by atoms with E-state index in [2.05, 4.69) is 16.6 Å². The van der Waals surface area contributed by atoms with E-state index in [0.717, 1.165) is 5.56 Å². The first-order chi connectivity index (χ1) is 12.6. The minimum absolute atomic E-state index is 0.0735. The van der Waals surface area contributed by atoms with E-state index in [-0.39, 0.29) is 25.0 Å². The highest BCUT2D eigenvalue weighted by Crippen LogP contribution is 2.12. The highest BCUT2D eigenvalue weighted by molar-refractivity contribution is 5.88. The van der Waals surface area contributed by atoms with E-state index in [1.54, 1.807) is 20.8 Å². The first kappa shape index (κ1) is 22.2. The quantitative estimate of drug-likeness (QED) is 0.425. The Morgan fingerprint density at radius 3 is 2.33 bits per heavy atom. The maximum absolute atomic E-state index is 12.4. The predicted octanol–water partition coefficient (Wildman–Crippen LogP) is 3.13. The number of ether oxygens (including phenoxy) is 3. The molecule has 148 valence electrons. The number of amides is 1. The number of benzene rings is 1. The maximum atomic E-state index is 12.4. The third kappa shape index (κ3) is 8.89. The summed E-state index contributed by atoms with van der Waals surface area (Å²) in [5.41, 5.74) is 0.309. The lowest BCUT2D eigenvalue weighted by molar-refractivity contribution is -0.148. The molecule has 27 heavy (non-hydrogen) atoms. The Labute approximate surface area is 159 Å². The standard InChI is InChI=1S/C20H27NO6/c1-14(17(22)25-5)11-12-16(21-19(24)27-20(2,3)4)18(23)26-13-15-9-7-6-8-10-15/h6-10,16H,1,11-13H2,2-5H3,(H,21,24)/t16-/m0/s1. The molecule has 1 aromatic carbocycles. The van der Waals surface area contributed by atoms with E-state index in [1.807, 2.05) is 30.3 Å². The number of methoxy groups -OCH3 is 1. The van der Waals surface area contributed by atoms with Crippen LogP contribution in [0, 0.1) is 0 Å². The van der Waals surface area contributed by atoms with Gasteiger partial charge in [0, 0.05) is 5.57 Å². The molecule has 0 aliphatic carbocycles. The van der Waals surface area contributed by atoms with Gasteiger partial charge in [0.1, 0.15) is 18.2 Å². The molecular weight excluding hydrogens is 350 g/mol. The third-order valence-electron chi connectivity index (χ3n) is 3.41. The largest absolute Gasteiger partial charge is 0.466 e. The number of carbonyl (C=O) groups excluding carboxylic acids is 3. The van der Waals surface area contributed by atoms with Gasteiger partial charge in [0.15, 0.2) is 0 Å². The first-order valence-corrected chi connectivity index (χ1v) is 8.58. The number of hydrogen-bond acceptors (Lipinski definition) is 6. The fourth-order valence-corrected chi connectivity index (χ4v) is 2.09. The second-order valence-electron chi connectivity index (χ2n) is 6.93. The zero-order valence-corrected chi connectivity index (χ0v) is 16.2. The lowest BCUT2D eigenvalue weighted by Crippen LogP contribution is -2.44. The number of alkyl carbamates (subject to hydrolysis) is 1. The second-order valence-corrected chi connectivity index (χ2v) is 6.93. The SMILES string of the molecule is C=C(CC[C@H](NC(=O)OC(C)(C)C)C(=O)OCc1ccccc1)C(=O)OC. The normalized spacial score (nSPS) is 11.9. The van der Waals surface area contributed by atoms with Crippen molar-refractivity contribution in [2.75, 3.05) is 7.11 Å². The molecule has 0 aliphatic rings. The molecule has 0 heterocycles. The zero-order chi connectivity index (χ0) is 20.4. The van der Waals surface area contributed by atoms with Crippen molar-refractivity contribution in [1.29, 1.82) is 0 Å². The lowest BCUT2D eigenvalue weighted by atomic mass is 10.1. The molecule has 1 atom stereocenters. The molecule has 0 spiro atoms. The molecular formula is C20H27NO6. The van der Waals surface area contributed by atoms with Crippen molar-refractivity contribution in [3.05, 3.63) is 48.0 Å². The smallest absolute Gasteiger partial charge is 0.408 e. The van der Waals surface area contributed by atoms with Crippen molar-refractivity contribution >= 4 is 18.0 Å². The van der Waals surface area contributed by atoms with E-state index in [4.69, 9.17) is 9.47 Å². The fourth-order valence-electron chi connectivity index (χ4n) is 2.09. The van der Waals surface area contributed by atoms with Crippen molar-refractivity contribution < 1.29 is 28.6 Å². The van der Waals surface area contributed by atoms with Crippen LogP contribution >= 0.6 is 0 Å². The molecule has 1 N–H and O–H groups in total. The summed E-state index contributed by atoms with van der Waals surface area (Å²) in [6.45, 7) is 8.84. The molecule has 1 aromatic rings. The van der Waals surface area contributed by atoms with E-state index in [0.29, 0.717) is 0 Å². The minimum Gasteiger partial charge on any atom is -0.466 e. The predicted molar refractivity (Wildman–Crippen MR) is 99.8 cm³/mol. The van der Waals surface area contributed by atoms with Gasteiger partial charge in [-0.15, -0.1) is 0 Å². The summed E-state index contributed by atoms with van der Waals surface area (Å²) < 4.78 is 15.1. The van der Waals surface area contributed by atoms with Crippen molar-refractivity contribution in [2.45, 2.75) is 51.9 Å². The summed E-state index contributed by atoms with van der Waals surface area (Å²) in [5, 5.41) is 2.49. The van der Waals surface area contributed by atoms with Crippen LogP contribution in [0.2, 0.25) is 0 Å². The van der Waals surface area contributed by atoms with Crippen molar-refractivity contribution in [1.82, 2.24) is 5.32 Å². The molecule has 0 radical (unpaired) electrons. The van der Waals surface area contributed by atoms with Crippen LogP contribution in [0.25, 0.3) is 0 Å². The zero-order valence-electron chi connectivity index (χ0n) is 16.2. The molecule has 1 rings (SSSR count). The van der Waals surface area contributed by atoms with Crippen molar-refractivity contribution in [3.63, 3.8) is 0 Å². The number of hydrogen-bond donors (Lipinski definition) is 1. The van der Waals surface area contributed by atoms with Gasteiger partial charge in [0.25, 0.3) is 0 Å². The molecule has 0 bridgehead atoms. The summed E-state index contributed by atoms with van der Waals surface area (Å²) in [5.74, 6) is -1.19. The summed E-state index contributed by atoms with van der Waals surface area (Å²) >= 11 is 0. The monoisotopic (exact) mass is 377 g/mol. The van der Waals surface area contributed by atoms with Crippen LogP contribution in [0.3, 0.4) is 0 Å². The highest BCUT2D eigenvalue weighted by Gasteiger charge is 2.26. The van der Waals surface area contributed by atoms with Gasteiger partial charge in [-0.25, -0.2) is 14.4 Å².